The minimum absolute atomic E-state index is 0.00315. The molecule has 1 aromatic heterocycles. The van der Waals surface area contributed by atoms with Crippen molar-refractivity contribution in [2.75, 3.05) is 13.2 Å². The Kier molecular flexibility index (Phi) is 6.21. The molecule has 0 aliphatic carbocycles. The normalized spacial score (nSPS) is 13.8. The summed E-state index contributed by atoms with van der Waals surface area (Å²) < 4.78 is 2.06. The van der Waals surface area contributed by atoms with Gasteiger partial charge in [0.1, 0.15) is 0 Å². The van der Waals surface area contributed by atoms with Crippen molar-refractivity contribution in [3.63, 3.8) is 0 Å². The Morgan fingerprint density at radius 3 is 2.25 bits per heavy atom. The van der Waals surface area contributed by atoms with Crippen LogP contribution in [0.1, 0.15) is 63.5 Å². The number of rotatable bonds is 8. The van der Waals surface area contributed by atoms with Gasteiger partial charge in [-0.15, -0.1) is 0 Å². The van der Waals surface area contributed by atoms with Gasteiger partial charge in [0.05, 0.1) is 5.69 Å². The zero-order valence-electron chi connectivity index (χ0n) is 14.0. The number of hydrogen-bond donors (Lipinski definition) is 2. The number of aliphatic hydroxyl groups is 1. The van der Waals surface area contributed by atoms with Crippen LogP contribution in [-0.2, 0) is 6.54 Å². The van der Waals surface area contributed by atoms with Crippen molar-refractivity contribution < 1.29 is 5.11 Å². The quantitative estimate of drug-likeness (QED) is 0.770. The molecule has 0 aromatic carbocycles. The van der Waals surface area contributed by atoms with Crippen molar-refractivity contribution >= 4 is 0 Å². The molecule has 1 atom stereocenters. The number of nitrogens with one attached hydrogen (secondary N) is 1. The summed E-state index contributed by atoms with van der Waals surface area (Å²) in [6.45, 7) is 14.8. The number of aliphatic hydroxyl groups excluding tert-OH is 1. The third-order valence-corrected chi connectivity index (χ3v) is 4.79. The number of hydrogen-bond acceptors (Lipinski definition) is 3. The Hall–Kier alpha value is -0.870. The number of nitrogens with zero attached hydrogens (tertiary/aromatic N) is 2. The molecule has 0 spiro atoms. The minimum atomic E-state index is -0.00315. The fourth-order valence-corrected chi connectivity index (χ4v) is 2.90. The van der Waals surface area contributed by atoms with Crippen molar-refractivity contribution in [3.05, 3.63) is 17.0 Å². The summed E-state index contributed by atoms with van der Waals surface area (Å²) in [6, 6.07) is 0.263. The highest BCUT2D eigenvalue weighted by Gasteiger charge is 2.26. The lowest BCUT2D eigenvalue weighted by atomic mass is 9.83. The van der Waals surface area contributed by atoms with Crippen LogP contribution in [0.15, 0.2) is 0 Å². The van der Waals surface area contributed by atoms with Gasteiger partial charge in [-0.1, -0.05) is 13.8 Å². The summed E-state index contributed by atoms with van der Waals surface area (Å²) in [5, 5.41) is 17.8. The van der Waals surface area contributed by atoms with Crippen molar-refractivity contribution in [2.45, 2.75) is 67.0 Å². The monoisotopic (exact) mass is 281 g/mol. The Balaban J connectivity index is 2.82. The van der Waals surface area contributed by atoms with Gasteiger partial charge in [-0.25, -0.2) is 0 Å². The molecule has 0 saturated carbocycles. The smallest absolute Gasteiger partial charge is 0.0644 e. The van der Waals surface area contributed by atoms with Gasteiger partial charge in [0, 0.05) is 42.4 Å². The topological polar surface area (TPSA) is 50.1 Å². The van der Waals surface area contributed by atoms with E-state index >= 15 is 0 Å². The molecular weight excluding hydrogens is 250 g/mol. The van der Waals surface area contributed by atoms with Gasteiger partial charge in [-0.2, -0.15) is 5.10 Å². The average Bonchev–Trinajstić information content (AvgIpc) is 2.75. The Labute approximate surface area is 123 Å². The molecule has 0 fully saturated rings. The van der Waals surface area contributed by atoms with Gasteiger partial charge in [0.25, 0.3) is 0 Å². The molecule has 0 amide bonds. The largest absolute Gasteiger partial charge is 0.396 e. The molecule has 1 unspecified atom stereocenters. The first kappa shape index (κ1) is 17.2. The van der Waals surface area contributed by atoms with E-state index in [1.165, 1.54) is 11.3 Å². The van der Waals surface area contributed by atoms with Gasteiger partial charge in [-0.3, -0.25) is 4.68 Å². The minimum Gasteiger partial charge on any atom is -0.396 e. The molecule has 20 heavy (non-hydrogen) atoms. The van der Waals surface area contributed by atoms with Crippen LogP contribution >= 0.6 is 0 Å². The summed E-state index contributed by atoms with van der Waals surface area (Å²) >= 11 is 0. The van der Waals surface area contributed by atoms with Crippen LogP contribution in [0.25, 0.3) is 0 Å². The van der Waals surface area contributed by atoms with Crippen LogP contribution < -0.4 is 5.32 Å². The highest BCUT2D eigenvalue weighted by molar-refractivity contribution is 5.27. The first-order chi connectivity index (χ1) is 9.44. The summed E-state index contributed by atoms with van der Waals surface area (Å²) in [5.74, 6) is 0. The number of aromatic nitrogens is 2. The zero-order valence-corrected chi connectivity index (χ0v) is 14.0. The molecule has 4 heteroatoms. The summed E-state index contributed by atoms with van der Waals surface area (Å²) in [4.78, 5) is 0. The van der Waals surface area contributed by atoms with E-state index in [1.54, 1.807) is 0 Å². The van der Waals surface area contributed by atoms with E-state index in [0.717, 1.165) is 31.6 Å². The van der Waals surface area contributed by atoms with E-state index in [4.69, 9.17) is 0 Å². The summed E-state index contributed by atoms with van der Waals surface area (Å²) in [5.41, 5.74) is 3.64. The van der Waals surface area contributed by atoms with E-state index in [9.17, 15) is 5.11 Å². The Morgan fingerprint density at radius 2 is 1.85 bits per heavy atom. The van der Waals surface area contributed by atoms with Crippen LogP contribution in [0.4, 0.5) is 0 Å². The maximum Gasteiger partial charge on any atom is 0.0644 e. The second kappa shape index (κ2) is 7.23. The summed E-state index contributed by atoms with van der Waals surface area (Å²) in [7, 11) is 0. The van der Waals surface area contributed by atoms with Crippen LogP contribution in [0.3, 0.4) is 0 Å². The van der Waals surface area contributed by atoms with E-state index in [0.29, 0.717) is 0 Å². The molecule has 1 rings (SSSR count). The fraction of sp³-hybridized carbons (Fsp3) is 0.812. The van der Waals surface area contributed by atoms with Gasteiger partial charge in [0.15, 0.2) is 0 Å². The first-order valence-corrected chi connectivity index (χ1v) is 7.82. The molecule has 0 saturated heterocycles. The predicted molar refractivity (Wildman–Crippen MR) is 83.9 cm³/mol. The molecule has 4 nitrogen and oxygen atoms in total. The molecule has 1 heterocycles. The van der Waals surface area contributed by atoms with Crippen LogP contribution in [-0.4, -0.2) is 28.0 Å². The van der Waals surface area contributed by atoms with E-state index in [2.05, 4.69) is 56.6 Å². The molecule has 0 aliphatic rings. The maximum absolute atomic E-state index is 9.65. The van der Waals surface area contributed by atoms with Crippen LogP contribution in [0.5, 0.6) is 0 Å². The first-order valence-electron chi connectivity index (χ1n) is 7.82. The van der Waals surface area contributed by atoms with Gasteiger partial charge in [0.2, 0.25) is 0 Å². The molecular formula is C16H31N3O. The predicted octanol–water partition coefficient (Wildman–Crippen LogP) is 2.97. The summed E-state index contributed by atoms with van der Waals surface area (Å²) in [6.07, 6.45) is 1.98. The van der Waals surface area contributed by atoms with E-state index < -0.39 is 0 Å². The lowest BCUT2D eigenvalue weighted by Crippen LogP contribution is -2.37. The lowest BCUT2D eigenvalue weighted by Gasteiger charge is -2.31. The lowest BCUT2D eigenvalue weighted by molar-refractivity contribution is 0.110. The molecule has 2 N–H and O–H groups in total. The van der Waals surface area contributed by atoms with Crippen molar-refractivity contribution in [1.82, 2.24) is 15.1 Å². The zero-order chi connectivity index (χ0) is 15.3. The average molecular weight is 281 g/mol. The van der Waals surface area contributed by atoms with Crippen LogP contribution in [0.2, 0.25) is 0 Å². The Bertz CT molecular complexity index is 413. The molecule has 0 bridgehead atoms. The standard InChI is InChI=1S/C16H31N3O/c1-7-16(8-2,11-20)10-17-12(4)15-13(5)18-19(9-3)14(15)6/h12,17,20H,7-11H2,1-6H3. The second-order valence-corrected chi connectivity index (χ2v) is 5.87. The maximum atomic E-state index is 9.65. The van der Waals surface area contributed by atoms with Crippen molar-refractivity contribution in [1.29, 1.82) is 0 Å². The van der Waals surface area contributed by atoms with Gasteiger partial charge >= 0.3 is 0 Å². The van der Waals surface area contributed by atoms with Crippen LogP contribution in [0, 0.1) is 19.3 Å². The van der Waals surface area contributed by atoms with E-state index in [1.807, 2.05) is 0 Å². The highest BCUT2D eigenvalue weighted by atomic mass is 16.3. The molecule has 0 aliphatic heterocycles. The third-order valence-electron chi connectivity index (χ3n) is 4.79. The second-order valence-electron chi connectivity index (χ2n) is 5.87. The Morgan fingerprint density at radius 1 is 1.25 bits per heavy atom. The third kappa shape index (κ3) is 3.41. The molecule has 1 aromatic rings. The van der Waals surface area contributed by atoms with Crippen molar-refractivity contribution in [3.8, 4) is 0 Å². The SMILES string of the molecule is CCn1nc(C)c(C(C)NCC(CC)(CC)CO)c1C. The van der Waals surface area contributed by atoms with Gasteiger partial charge in [-0.05, 0) is 40.5 Å². The molecule has 0 radical (unpaired) electrons. The van der Waals surface area contributed by atoms with E-state index in [-0.39, 0.29) is 18.1 Å². The highest BCUT2D eigenvalue weighted by Crippen LogP contribution is 2.27. The van der Waals surface area contributed by atoms with Crippen molar-refractivity contribution in [2.24, 2.45) is 5.41 Å². The molecule has 116 valence electrons. The fourth-order valence-electron chi connectivity index (χ4n) is 2.90. The van der Waals surface area contributed by atoms with Gasteiger partial charge < -0.3 is 10.4 Å². The number of aryl methyl sites for hydroxylation is 2.